The van der Waals surface area contributed by atoms with Gasteiger partial charge >= 0.3 is 0 Å². The largest absolute Gasteiger partial charge is 0.497 e. The minimum Gasteiger partial charge on any atom is -0.497 e. The molecular formula is C23H25N5O. The molecule has 29 heavy (non-hydrogen) atoms. The Morgan fingerprint density at radius 3 is 2.59 bits per heavy atom. The van der Waals surface area contributed by atoms with Gasteiger partial charge in [0.25, 0.3) is 0 Å². The number of hydrogen-bond acceptors (Lipinski definition) is 4. The lowest BCUT2D eigenvalue weighted by molar-refractivity contribution is 0.414. The maximum atomic E-state index is 5.24. The van der Waals surface area contributed by atoms with Crippen LogP contribution in [0.15, 0.2) is 73.3 Å². The first-order valence-corrected chi connectivity index (χ1v) is 9.66. The van der Waals surface area contributed by atoms with Crippen molar-refractivity contribution < 1.29 is 4.74 Å². The normalized spacial score (nSPS) is 12.1. The van der Waals surface area contributed by atoms with Gasteiger partial charge in [0.1, 0.15) is 5.75 Å². The molecule has 0 bridgehead atoms. The first-order chi connectivity index (χ1) is 14.2. The molecule has 0 aliphatic rings. The smallest absolute Gasteiger partial charge is 0.119 e. The molecule has 148 valence electrons. The summed E-state index contributed by atoms with van der Waals surface area (Å²) in [4.78, 5) is 4.22. The number of hydrogen-bond donors (Lipinski definition) is 1. The second-order valence-electron chi connectivity index (χ2n) is 6.98. The Bertz CT molecular complexity index is 1070. The van der Waals surface area contributed by atoms with Gasteiger partial charge in [-0.2, -0.15) is 5.10 Å². The molecule has 4 aromatic rings. The van der Waals surface area contributed by atoms with Crippen LogP contribution in [-0.4, -0.2) is 26.4 Å². The van der Waals surface area contributed by atoms with E-state index in [1.54, 1.807) is 13.3 Å². The number of pyridine rings is 1. The first-order valence-electron chi connectivity index (χ1n) is 9.66. The zero-order valence-corrected chi connectivity index (χ0v) is 16.9. The van der Waals surface area contributed by atoms with Gasteiger partial charge in [-0.05, 0) is 62.4 Å². The summed E-state index contributed by atoms with van der Waals surface area (Å²) in [5.41, 5.74) is 5.57. The second kappa shape index (κ2) is 8.32. The maximum absolute atomic E-state index is 5.24. The van der Waals surface area contributed by atoms with Gasteiger partial charge in [-0.25, -0.2) is 4.68 Å². The molecule has 6 heteroatoms. The van der Waals surface area contributed by atoms with Gasteiger partial charge in [0.05, 0.1) is 30.9 Å². The number of rotatable bonds is 7. The molecule has 6 nitrogen and oxygen atoms in total. The minimum atomic E-state index is 0.166. The third kappa shape index (κ3) is 3.93. The lowest BCUT2D eigenvalue weighted by atomic mass is 10.1. The van der Waals surface area contributed by atoms with Crippen LogP contribution in [0.1, 0.15) is 29.9 Å². The summed E-state index contributed by atoms with van der Waals surface area (Å²) < 4.78 is 9.36. The Balaban J connectivity index is 1.48. The van der Waals surface area contributed by atoms with Crippen LogP contribution in [-0.2, 0) is 6.54 Å². The van der Waals surface area contributed by atoms with Crippen molar-refractivity contribution in [2.75, 3.05) is 7.11 Å². The van der Waals surface area contributed by atoms with Gasteiger partial charge in [0.15, 0.2) is 0 Å². The van der Waals surface area contributed by atoms with E-state index in [4.69, 9.17) is 4.74 Å². The van der Waals surface area contributed by atoms with E-state index in [2.05, 4.69) is 58.2 Å². The van der Waals surface area contributed by atoms with Gasteiger partial charge in [-0.15, -0.1) is 0 Å². The van der Waals surface area contributed by atoms with Crippen LogP contribution < -0.4 is 10.1 Å². The van der Waals surface area contributed by atoms with E-state index in [9.17, 15) is 0 Å². The molecule has 0 fully saturated rings. The Morgan fingerprint density at radius 2 is 1.86 bits per heavy atom. The van der Waals surface area contributed by atoms with Crippen LogP contribution in [0, 0.1) is 6.92 Å². The van der Waals surface area contributed by atoms with E-state index in [0.29, 0.717) is 0 Å². The Hall–Kier alpha value is -3.38. The molecule has 3 aromatic heterocycles. The summed E-state index contributed by atoms with van der Waals surface area (Å²) >= 11 is 0. The lowest BCUT2D eigenvalue weighted by Crippen LogP contribution is -2.20. The number of nitrogens with one attached hydrogen (secondary N) is 1. The standard InChI is InChI=1S/C23H25N5O/c1-17(25-15-21-7-5-13-27(21)20-6-4-12-24-14-20)23-16-26-28(18(23)2)19-8-10-22(29-3)11-9-19/h4-14,16-17,25H,15H2,1-3H3/t17-/m1/s1. The summed E-state index contributed by atoms with van der Waals surface area (Å²) in [7, 11) is 1.67. The van der Waals surface area contributed by atoms with E-state index >= 15 is 0 Å². The van der Waals surface area contributed by atoms with E-state index < -0.39 is 0 Å². The van der Waals surface area contributed by atoms with Gasteiger partial charge < -0.3 is 14.6 Å². The van der Waals surface area contributed by atoms with Crippen LogP contribution >= 0.6 is 0 Å². The van der Waals surface area contributed by atoms with E-state index in [0.717, 1.165) is 29.4 Å². The van der Waals surface area contributed by atoms with E-state index in [1.165, 1.54) is 11.3 Å². The Kier molecular flexibility index (Phi) is 5.44. The SMILES string of the molecule is COc1ccc(-n2ncc([C@@H](C)NCc3cccn3-c3cccnc3)c2C)cc1. The molecule has 1 atom stereocenters. The molecule has 4 rings (SSSR count). The highest BCUT2D eigenvalue weighted by Crippen LogP contribution is 2.22. The van der Waals surface area contributed by atoms with Gasteiger partial charge in [0.2, 0.25) is 0 Å². The maximum Gasteiger partial charge on any atom is 0.119 e. The summed E-state index contributed by atoms with van der Waals surface area (Å²) in [5, 5.41) is 8.22. The molecule has 0 saturated heterocycles. The monoisotopic (exact) mass is 387 g/mol. The van der Waals surface area contributed by atoms with Crippen molar-refractivity contribution in [3.8, 4) is 17.1 Å². The molecule has 0 amide bonds. The number of ether oxygens (including phenoxy) is 1. The van der Waals surface area contributed by atoms with Crippen LogP contribution in [0.25, 0.3) is 11.4 Å². The third-order valence-corrected chi connectivity index (χ3v) is 5.18. The molecule has 1 aromatic carbocycles. The summed E-state index contributed by atoms with van der Waals surface area (Å²) in [6, 6.07) is 16.3. The van der Waals surface area contributed by atoms with E-state index in [-0.39, 0.29) is 6.04 Å². The Labute approximate surface area is 170 Å². The fourth-order valence-corrected chi connectivity index (χ4v) is 3.51. The summed E-state index contributed by atoms with van der Waals surface area (Å²) in [6.45, 7) is 5.01. The van der Waals surface area contributed by atoms with Crippen molar-refractivity contribution in [1.29, 1.82) is 0 Å². The average Bonchev–Trinajstić information content (AvgIpc) is 3.39. The van der Waals surface area contributed by atoms with Crippen LogP contribution in [0.2, 0.25) is 0 Å². The van der Waals surface area contributed by atoms with Crippen molar-refractivity contribution in [1.82, 2.24) is 24.6 Å². The Morgan fingerprint density at radius 1 is 1.03 bits per heavy atom. The molecule has 0 aliphatic carbocycles. The fourth-order valence-electron chi connectivity index (χ4n) is 3.51. The third-order valence-electron chi connectivity index (χ3n) is 5.18. The molecule has 3 heterocycles. The zero-order chi connectivity index (χ0) is 20.2. The molecular weight excluding hydrogens is 362 g/mol. The molecule has 0 radical (unpaired) electrons. The van der Waals surface area contributed by atoms with Gasteiger partial charge in [-0.1, -0.05) is 0 Å². The summed E-state index contributed by atoms with van der Waals surface area (Å²) in [5.74, 6) is 0.838. The molecule has 1 N–H and O–H groups in total. The quantitative estimate of drug-likeness (QED) is 0.516. The molecule has 0 aliphatic heterocycles. The van der Waals surface area contributed by atoms with Crippen molar-refractivity contribution in [2.45, 2.75) is 26.4 Å². The minimum absolute atomic E-state index is 0.166. The van der Waals surface area contributed by atoms with Crippen LogP contribution in [0.3, 0.4) is 0 Å². The number of benzene rings is 1. The van der Waals surface area contributed by atoms with Crippen LogP contribution in [0.5, 0.6) is 5.75 Å². The molecule has 0 unspecified atom stereocenters. The fraction of sp³-hybridized carbons (Fsp3) is 0.217. The topological polar surface area (TPSA) is 56.9 Å². The number of aromatic nitrogens is 4. The number of nitrogens with zero attached hydrogens (tertiary/aromatic N) is 4. The second-order valence-corrected chi connectivity index (χ2v) is 6.98. The lowest BCUT2D eigenvalue weighted by Gasteiger charge is -2.16. The average molecular weight is 387 g/mol. The van der Waals surface area contributed by atoms with Crippen molar-refractivity contribution in [2.24, 2.45) is 0 Å². The summed E-state index contributed by atoms with van der Waals surface area (Å²) in [6.07, 6.45) is 7.66. The van der Waals surface area contributed by atoms with Crippen molar-refractivity contribution in [3.05, 3.63) is 90.3 Å². The highest BCUT2D eigenvalue weighted by molar-refractivity contribution is 5.39. The van der Waals surface area contributed by atoms with Crippen molar-refractivity contribution >= 4 is 0 Å². The van der Waals surface area contributed by atoms with E-state index in [1.807, 2.05) is 47.4 Å². The molecule has 0 spiro atoms. The first kappa shape index (κ1) is 19.0. The number of methoxy groups -OCH3 is 1. The highest BCUT2D eigenvalue weighted by Gasteiger charge is 2.15. The predicted octanol–water partition coefficient (Wildman–Crippen LogP) is 4.23. The zero-order valence-electron chi connectivity index (χ0n) is 16.9. The van der Waals surface area contributed by atoms with Gasteiger partial charge in [-0.3, -0.25) is 4.98 Å². The van der Waals surface area contributed by atoms with Crippen LogP contribution in [0.4, 0.5) is 0 Å². The van der Waals surface area contributed by atoms with Gasteiger partial charge in [0, 0.05) is 41.9 Å². The van der Waals surface area contributed by atoms with Crippen molar-refractivity contribution in [3.63, 3.8) is 0 Å². The predicted molar refractivity (Wildman–Crippen MR) is 114 cm³/mol. The highest BCUT2D eigenvalue weighted by atomic mass is 16.5. The molecule has 0 saturated carbocycles.